The molecule has 2 aromatic rings. The number of para-hydroxylation sites is 1. The summed E-state index contributed by atoms with van der Waals surface area (Å²) < 4.78 is 31.3. The molecule has 0 radical (unpaired) electrons. The molecule has 0 atom stereocenters. The molecule has 0 aliphatic rings. The van der Waals surface area contributed by atoms with Crippen LogP contribution in [0.3, 0.4) is 0 Å². The Balaban J connectivity index is 2.63. The number of hydrogen-bond donors (Lipinski definition) is 1. The van der Waals surface area contributed by atoms with Crippen LogP contribution in [0.1, 0.15) is 0 Å². The van der Waals surface area contributed by atoms with Gasteiger partial charge in [0.15, 0.2) is 5.75 Å². The van der Waals surface area contributed by atoms with Gasteiger partial charge in [0.2, 0.25) is 10.0 Å². The lowest BCUT2D eigenvalue weighted by molar-refractivity contribution is 0.485. The number of rotatable bonds is 5. The van der Waals surface area contributed by atoms with Gasteiger partial charge in [-0.3, -0.25) is 4.72 Å². The summed E-state index contributed by atoms with van der Waals surface area (Å²) >= 11 is 29.6. The van der Waals surface area contributed by atoms with Gasteiger partial charge in [-0.2, -0.15) is 0 Å². The average molecular weight is 436 g/mol. The highest BCUT2D eigenvalue weighted by Gasteiger charge is 2.25. The van der Waals surface area contributed by atoms with E-state index in [1.165, 1.54) is 0 Å². The Morgan fingerprint density at radius 1 is 0.913 bits per heavy atom. The fraction of sp³-hybridized carbons (Fsp3) is 0.0769. The number of benzene rings is 2. The molecule has 0 heterocycles. The van der Waals surface area contributed by atoms with Gasteiger partial charge in [0.05, 0.1) is 15.1 Å². The number of anilines is 1. The normalized spacial score (nSPS) is 11.3. The first kappa shape index (κ1) is 18.8. The van der Waals surface area contributed by atoms with Gasteiger partial charge in [-0.1, -0.05) is 64.6 Å². The maximum absolute atomic E-state index is 11.8. The molecule has 0 spiro atoms. The van der Waals surface area contributed by atoms with Gasteiger partial charge in [0.1, 0.15) is 21.7 Å². The Kier molecular flexibility index (Phi) is 6.16. The van der Waals surface area contributed by atoms with Crippen LogP contribution in [0.15, 0.2) is 30.3 Å². The van der Waals surface area contributed by atoms with Crippen LogP contribution in [-0.4, -0.2) is 13.6 Å². The molecule has 0 aromatic heterocycles. The van der Waals surface area contributed by atoms with E-state index in [9.17, 15) is 8.42 Å². The highest BCUT2D eigenvalue weighted by Crippen LogP contribution is 2.50. The van der Waals surface area contributed by atoms with Crippen LogP contribution in [0.5, 0.6) is 11.5 Å². The van der Waals surface area contributed by atoms with Gasteiger partial charge in [-0.05, 0) is 12.1 Å². The van der Waals surface area contributed by atoms with Crippen molar-refractivity contribution in [3.8, 4) is 11.5 Å². The van der Waals surface area contributed by atoms with Crippen LogP contribution in [0.4, 0.5) is 5.69 Å². The molecule has 0 fully saturated rings. The van der Waals surface area contributed by atoms with Crippen LogP contribution in [-0.2, 0) is 10.0 Å². The molecule has 1 N–H and O–H groups in total. The number of nitrogens with one attached hydrogen (secondary N) is 1. The van der Waals surface area contributed by atoms with Crippen molar-refractivity contribution >= 4 is 73.7 Å². The van der Waals surface area contributed by atoms with Crippen molar-refractivity contribution in [1.82, 2.24) is 0 Å². The van der Waals surface area contributed by atoms with Gasteiger partial charge in [0, 0.05) is 0 Å². The third kappa shape index (κ3) is 4.29. The molecule has 0 saturated heterocycles. The number of sulfonamides is 1. The number of ether oxygens (including phenoxy) is 1. The minimum atomic E-state index is -3.87. The third-order valence-electron chi connectivity index (χ3n) is 2.59. The van der Waals surface area contributed by atoms with E-state index >= 15 is 0 Å². The molecular weight excluding hydrogens is 427 g/mol. The molecule has 124 valence electrons. The molecule has 0 amide bonds. The van der Waals surface area contributed by atoms with Crippen molar-refractivity contribution in [2.24, 2.45) is 0 Å². The Morgan fingerprint density at radius 3 is 2.04 bits per heavy atom. The lowest BCUT2D eigenvalue weighted by atomic mass is 10.3. The largest absolute Gasteiger partial charge is 0.453 e. The maximum atomic E-state index is 11.8. The second kappa shape index (κ2) is 7.55. The lowest BCUT2D eigenvalue weighted by Gasteiger charge is -2.17. The van der Waals surface area contributed by atoms with Crippen molar-refractivity contribution in [2.75, 3.05) is 9.93 Å². The van der Waals surface area contributed by atoms with Gasteiger partial charge in [-0.15, -0.1) is 11.6 Å². The SMILES string of the molecule is O=S(=O)(CCl)Nc1c(Cl)c(Cl)c(Cl)c(Cl)c1Oc1ccccc1. The van der Waals surface area contributed by atoms with Gasteiger partial charge >= 0.3 is 0 Å². The van der Waals surface area contributed by atoms with Crippen LogP contribution >= 0.6 is 58.0 Å². The summed E-state index contributed by atoms with van der Waals surface area (Å²) in [5, 5.41) is -1.09. The summed E-state index contributed by atoms with van der Waals surface area (Å²) in [5.74, 6) is 0.320. The molecular formula is C13H8Cl5NO3S. The standard InChI is InChI=1S/C13H8Cl5NO3S/c14-6-23(20,21)19-12-10(17)8(15)9(16)11(18)13(12)22-7-4-2-1-3-5-7/h1-5,19H,6H2. The zero-order valence-electron chi connectivity index (χ0n) is 11.1. The predicted octanol–water partition coefficient (Wildman–Crippen LogP) is 6.03. The minimum absolute atomic E-state index is 0.0573. The number of alkyl halides is 1. The fourth-order valence-electron chi connectivity index (χ4n) is 1.59. The maximum Gasteiger partial charge on any atom is 0.246 e. The molecule has 0 aliphatic heterocycles. The molecule has 0 unspecified atom stereocenters. The fourth-order valence-corrected chi connectivity index (χ4v) is 3.29. The van der Waals surface area contributed by atoms with Crippen molar-refractivity contribution in [1.29, 1.82) is 0 Å². The van der Waals surface area contributed by atoms with Crippen molar-refractivity contribution in [3.63, 3.8) is 0 Å². The van der Waals surface area contributed by atoms with E-state index in [0.717, 1.165) is 0 Å². The zero-order chi connectivity index (χ0) is 17.2. The highest BCUT2D eigenvalue weighted by atomic mass is 35.5. The molecule has 0 aliphatic carbocycles. The van der Waals surface area contributed by atoms with Crippen molar-refractivity contribution in [3.05, 3.63) is 50.4 Å². The average Bonchev–Trinajstić information content (AvgIpc) is 2.55. The topological polar surface area (TPSA) is 55.4 Å². The van der Waals surface area contributed by atoms with Crippen LogP contribution < -0.4 is 9.46 Å². The van der Waals surface area contributed by atoms with E-state index in [1.807, 2.05) is 0 Å². The molecule has 10 heteroatoms. The highest BCUT2D eigenvalue weighted by molar-refractivity contribution is 7.93. The van der Waals surface area contributed by atoms with Crippen LogP contribution in [0, 0.1) is 0 Å². The van der Waals surface area contributed by atoms with E-state index in [4.69, 9.17) is 62.7 Å². The van der Waals surface area contributed by atoms with Gasteiger partial charge < -0.3 is 4.74 Å². The molecule has 0 bridgehead atoms. The van der Waals surface area contributed by atoms with Crippen molar-refractivity contribution in [2.45, 2.75) is 0 Å². The summed E-state index contributed by atoms with van der Waals surface area (Å²) in [6.45, 7) is 0. The smallest absolute Gasteiger partial charge is 0.246 e. The molecule has 4 nitrogen and oxygen atoms in total. The molecule has 2 rings (SSSR count). The van der Waals surface area contributed by atoms with E-state index in [0.29, 0.717) is 5.75 Å². The van der Waals surface area contributed by atoms with E-state index in [-0.39, 0.29) is 31.5 Å². The molecule has 2 aromatic carbocycles. The summed E-state index contributed by atoms with van der Waals surface area (Å²) in [5.41, 5.74) is -0.143. The Bertz CT molecular complexity index is 827. The summed E-state index contributed by atoms with van der Waals surface area (Å²) in [6, 6.07) is 8.53. The Hall–Kier alpha value is -0.560. The third-order valence-corrected chi connectivity index (χ3v) is 6.04. The number of halogens is 5. The summed E-state index contributed by atoms with van der Waals surface area (Å²) in [4.78, 5) is 0. The molecule has 23 heavy (non-hydrogen) atoms. The zero-order valence-corrected chi connectivity index (χ0v) is 15.7. The van der Waals surface area contributed by atoms with Gasteiger partial charge in [0.25, 0.3) is 0 Å². The second-order valence-electron chi connectivity index (χ2n) is 4.20. The lowest BCUT2D eigenvalue weighted by Crippen LogP contribution is -2.14. The van der Waals surface area contributed by atoms with E-state index < -0.39 is 15.2 Å². The summed E-state index contributed by atoms with van der Waals surface area (Å²) in [7, 11) is -3.87. The van der Waals surface area contributed by atoms with Gasteiger partial charge in [-0.25, -0.2) is 8.42 Å². The number of hydrogen-bond acceptors (Lipinski definition) is 3. The summed E-state index contributed by atoms with van der Waals surface area (Å²) in [6.07, 6.45) is 0. The Labute approximate surface area is 158 Å². The van der Waals surface area contributed by atoms with Crippen LogP contribution in [0.2, 0.25) is 20.1 Å². The van der Waals surface area contributed by atoms with E-state index in [1.54, 1.807) is 30.3 Å². The van der Waals surface area contributed by atoms with E-state index in [2.05, 4.69) is 4.72 Å². The Morgan fingerprint density at radius 2 is 1.48 bits per heavy atom. The first-order valence-electron chi connectivity index (χ1n) is 5.92. The first-order valence-corrected chi connectivity index (χ1v) is 9.62. The predicted molar refractivity (Wildman–Crippen MR) is 96.3 cm³/mol. The quantitative estimate of drug-likeness (QED) is 0.354. The second-order valence-corrected chi connectivity index (χ2v) is 8.02. The minimum Gasteiger partial charge on any atom is -0.453 e. The monoisotopic (exact) mass is 433 g/mol. The van der Waals surface area contributed by atoms with Crippen LogP contribution in [0.25, 0.3) is 0 Å². The van der Waals surface area contributed by atoms with Crippen molar-refractivity contribution < 1.29 is 13.2 Å². The molecule has 0 saturated carbocycles. The first-order chi connectivity index (χ1) is 10.8.